The zero-order valence-corrected chi connectivity index (χ0v) is 15.2. The van der Waals surface area contributed by atoms with Gasteiger partial charge in [0.2, 0.25) is 0 Å². The largest absolute Gasteiger partial charge is 0.354 e. The summed E-state index contributed by atoms with van der Waals surface area (Å²) in [6, 6.07) is 8.55. The molecule has 1 aliphatic carbocycles. The molecular formula is C21H26N2O2. The molecule has 1 aliphatic rings. The molecule has 25 heavy (non-hydrogen) atoms. The molecule has 1 aromatic heterocycles. The van der Waals surface area contributed by atoms with Crippen LogP contribution >= 0.6 is 0 Å². The zero-order valence-electron chi connectivity index (χ0n) is 15.2. The molecule has 0 aliphatic heterocycles. The second kappa shape index (κ2) is 7.26. The molecule has 2 aromatic rings. The van der Waals surface area contributed by atoms with E-state index in [0.29, 0.717) is 24.6 Å². The van der Waals surface area contributed by atoms with E-state index >= 15 is 0 Å². The number of aromatic amines is 1. The first-order valence-electron chi connectivity index (χ1n) is 9.09. The Morgan fingerprint density at radius 3 is 2.56 bits per heavy atom. The van der Waals surface area contributed by atoms with E-state index in [1.165, 1.54) is 11.1 Å². The van der Waals surface area contributed by atoms with Gasteiger partial charge >= 0.3 is 0 Å². The minimum atomic E-state index is -0.126. The summed E-state index contributed by atoms with van der Waals surface area (Å²) >= 11 is 0. The number of aromatic nitrogens is 1. The van der Waals surface area contributed by atoms with Crippen LogP contribution in [0.1, 0.15) is 75.8 Å². The summed E-state index contributed by atoms with van der Waals surface area (Å²) in [6.07, 6.45) is 3.08. The van der Waals surface area contributed by atoms with Gasteiger partial charge in [-0.2, -0.15) is 0 Å². The Morgan fingerprint density at radius 1 is 1.20 bits per heavy atom. The Balaban J connectivity index is 1.61. The SMILES string of the molecule is Cc1c(C(=O)NCCc2ccc(C(C)C)cc2)[nH]c2c1C(=O)CCC2. The Labute approximate surface area is 149 Å². The van der Waals surface area contributed by atoms with Crippen LogP contribution in [0.5, 0.6) is 0 Å². The molecule has 0 saturated heterocycles. The molecule has 1 aromatic carbocycles. The van der Waals surface area contributed by atoms with Crippen LogP contribution in [-0.2, 0) is 12.8 Å². The van der Waals surface area contributed by atoms with Gasteiger partial charge in [-0.3, -0.25) is 9.59 Å². The van der Waals surface area contributed by atoms with E-state index in [0.717, 1.165) is 36.1 Å². The number of rotatable bonds is 5. The van der Waals surface area contributed by atoms with Crippen LogP contribution < -0.4 is 5.32 Å². The van der Waals surface area contributed by atoms with Gasteiger partial charge in [0.05, 0.1) is 0 Å². The maximum atomic E-state index is 12.5. The van der Waals surface area contributed by atoms with E-state index in [4.69, 9.17) is 0 Å². The van der Waals surface area contributed by atoms with Crippen LogP contribution in [0.4, 0.5) is 0 Å². The smallest absolute Gasteiger partial charge is 0.268 e. The van der Waals surface area contributed by atoms with Crippen molar-refractivity contribution >= 4 is 11.7 Å². The van der Waals surface area contributed by atoms with E-state index in [-0.39, 0.29) is 11.7 Å². The molecule has 0 fully saturated rings. The van der Waals surface area contributed by atoms with Crippen LogP contribution in [0.25, 0.3) is 0 Å². The number of ketones is 1. The highest BCUT2D eigenvalue weighted by Crippen LogP contribution is 2.26. The lowest BCUT2D eigenvalue weighted by Crippen LogP contribution is -2.26. The maximum absolute atomic E-state index is 12.5. The molecule has 0 saturated carbocycles. The molecule has 4 heteroatoms. The lowest BCUT2D eigenvalue weighted by Gasteiger charge is -2.09. The first kappa shape index (κ1) is 17.5. The monoisotopic (exact) mass is 338 g/mol. The van der Waals surface area contributed by atoms with Crippen molar-refractivity contribution in [1.29, 1.82) is 0 Å². The number of Topliss-reactive ketones (excluding diaryl/α,β-unsaturated/α-hetero) is 1. The van der Waals surface area contributed by atoms with Crippen LogP contribution in [0.3, 0.4) is 0 Å². The van der Waals surface area contributed by atoms with Crippen molar-refractivity contribution in [2.75, 3.05) is 6.54 Å². The molecule has 1 heterocycles. The number of hydrogen-bond acceptors (Lipinski definition) is 2. The number of fused-ring (bicyclic) bond motifs is 1. The third-order valence-corrected chi connectivity index (χ3v) is 5.01. The van der Waals surface area contributed by atoms with Gasteiger partial charge in [0.1, 0.15) is 5.69 Å². The molecule has 0 bridgehead atoms. The van der Waals surface area contributed by atoms with Crippen molar-refractivity contribution in [3.8, 4) is 0 Å². The molecule has 0 radical (unpaired) electrons. The minimum absolute atomic E-state index is 0.126. The number of carbonyl (C=O) groups is 2. The molecule has 0 spiro atoms. The predicted molar refractivity (Wildman–Crippen MR) is 99.4 cm³/mol. The fraction of sp³-hybridized carbons (Fsp3) is 0.429. The highest BCUT2D eigenvalue weighted by molar-refractivity contribution is 6.04. The Hall–Kier alpha value is -2.36. The van der Waals surface area contributed by atoms with Gasteiger partial charge in [-0.15, -0.1) is 0 Å². The van der Waals surface area contributed by atoms with Crippen LogP contribution in [0, 0.1) is 6.92 Å². The summed E-state index contributed by atoms with van der Waals surface area (Å²) in [7, 11) is 0. The lowest BCUT2D eigenvalue weighted by molar-refractivity contribution is 0.0948. The lowest BCUT2D eigenvalue weighted by atomic mass is 9.94. The molecular weight excluding hydrogens is 312 g/mol. The third kappa shape index (κ3) is 3.68. The second-order valence-electron chi connectivity index (χ2n) is 7.16. The van der Waals surface area contributed by atoms with Crippen molar-refractivity contribution in [3.05, 3.63) is 57.9 Å². The van der Waals surface area contributed by atoms with Crippen molar-refractivity contribution in [2.45, 2.75) is 52.4 Å². The summed E-state index contributed by atoms with van der Waals surface area (Å²) in [5, 5.41) is 2.97. The van der Waals surface area contributed by atoms with Crippen molar-refractivity contribution < 1.29 is 9.59 Å². The quantitative estimate of drug-likeness (QED) is 0.867. The van der Waals surface area contributed by atoms with Gasteiger partial charge in [0, 0.05) is 24.2 Å². The Morgan fingerprint density at radius 2 is 1.92 bits per heavy atom. The number of carbonyl (C=O) groups excluding carboxylic acids is 2. The molecule has 4 nitrogen and oxygen atoms in total. The molecule has 3 rings (SSSR count). The van der Waals surface area contributed by atoms with Gasteiger partial charge in [0.25, 0.3) is 5.91 Å². The van der Waals surface area contributed by atoms with Crippen LogP contribution in [-0.4, -0.2) is 23.2 Å². The minimum Gasteiger partial charge on any atom is -0.354 e. The fourth-order valence-corrected chi connectivity index (χ4v) is 3.48. The van der Waals surface area contributed by atoms with Crippen molar-refractivity contribution in [3.63, 3.8) is 0 Å². The number of nitrogens with one attached hydrogen (secondary N) is 2. The van der Waals surface area contributed by atoms with E-state index in [1.807, 2.05) is 6.92 Å². The van der Waals surface area contributed by atoms with E-state index in [1.54, 1.807) is 0 Å². The molecule has 132 valence electrons. The zero-order chi connectivity index (χ0) is 18.0. The summed E-state index contributed by atoms with van der Waals surface area (Å²) in [4.78, 5) is 27.7. The van der Waals surface area contributed by atoms with Crippen LogP contribution in [0.15, 0.2) is 24.3 Å². The number of hydrogen-bond donors (Lipinski definition) is 2. The maximum Gasteiger partial charge on any atom is 0.268 e. The number of aryl methyl sites for hydroxylation is 1. The van der Waals surface area contributed by atoms with Crippen LogP contribution in [0.2, 0.25) is 0 Å². The molecule has 0 unspecified atom stereocenters. The predicted octanol–water partition coefficient (Wildman–Crippen LogP) is 3.94. The highest BCUT2D eigenvalue weighted by Gasteiger charge is 2.26. The second-order valence-corrected chi connectivity index (χ2v) is 7.16. The Bertz CT molecular complexity index is 785. The van der Waals surface area contributed by atoms with Crippen molar-refractivity contribution in [2.24, 2.45) is 0 Å². The molecule has 2 N–H and O–H groups in total. The topological polar surface area (TPSA) is 62.0 Å². The van der Waals surface area contributed by atoms with E-state index in [2.05, 4.69) is 48.4 Å². The normalized spacial score (nSPS) is 13.8. The van der Waals surface area contributed by atoms with Gasteiger partial charge in [-0.05, 0) is 48.8 Å². The molecule has 1 amide bonds. The first-order chi connectivity index (χ1) is 12.0. The third-order valence-electron chi connectivity index (χ3n) is 5.01. The standard InChI is InChI=1S/C21H26N2O2/c1-13(2)16-9-7-15(8-10-16)11-12-22-21(25)20-14(3)19-17(23-20)5-4-6-18(19)24/h7-10,13,23H,4-6,11-12H2,1-3H3,(H,22,25). The summed E-state index contributed by atoms with van der Waals surface area (Å²) < 4.78 is 0. The van der Waals surface area contributed by atoms with Crippen molar-refractivity contribution in [1.82, 2.24) is 10.3 Å². The highest BCUT2D eigenvalue weighted by atomic mass is 16.2. The van der Waals surface area contributed by atoms with E-state index in [9.17, 15) is 9.59 Å². The fourth-order valence-electron chi connectivity index (χ4n) is 3.48. The number of benzene rings is 1. The molecule has 0 atom stereocenters. The number of H-pyrrole nitrogens is 1. The summed E-state index contributed by atoms with van der Waals surface area (Å²) in [6.45, 7) is 6.80. The van der Waals surface area contributed by atoms with Gasteiger partial charge in [-0.25, -0.2) is 0 Å². The number of amides is 1. The Kier molecular flexibility index (Phi) is 5.07. The van der Waals surface area contributed by atoms with Gasteiger partial charge in [-0.1, -0.05) is 38.1 Å². The average molecular weight is 338 g/mol. The van der Waals surface area contributed by atoms with Gasteiger partial charge in [0.15, 0.2) is 5.78 Å². The first-order valence-corrected chi connectivity index (χ1v) is 9.09. The average Bonchev–Trinajstić information content (AvgIpc) is 2.93. The van der Waals surface area contributed by atoms with E-state index < -0.39 is 0 Å². The van der Waals surface area contributed by atoms with Gasteiger partial charge < -0.3 is 10.3 Å². The summed E-state index contributed by atoms with van der Waals surface area (Å²) in [5.74, 6) is 0.552. The summed E-state index contributed by atoms with van der Waals surface area (Å²) in [5.41, 5.74) is 5.52.